The molecule has 0 fully saturated rings. The Morgan fingerprint density at radius 1 is 1.24 bits per heavy atom. The summed E-state index contributed by atoms with van der Waals surface area (Å²) < 4.78 is 44.4. The summed E-state index contributed by atoms with van der Waals surface area (Å²) in [5.74, 6) is -0.383. The number of hydrogen-bond donors (Lipinski definition) is 1. The fourth-order valence-electron chi connectivity index (χ4n) is 2.77. The van der Waals surface area contributed by atoms with Crippen molar-refractivity contribution in [3.05, 3.63) is 58.9 Å². The van der Waals surface area contributed by atoms with E-state index in [1.165, 1.54) is 12.1 Å². The van der Waals surface area contributed by atoms with Crippen molar-refractivity contribution in [2.45, 2.75) is 26.3 Å². The number of aryl methyl sites for hydroxylation is 1. The van der Waals surface area contributed by atoms with Gasteiger partial charge in [-0.05, 0) is 55.3 Å². The molecule has 0 aliphatic carbocycles. The molecule has 0 bridgehead atoms. The average Bonchev–Trinajstić information content (AvgIpc) is 2.66. The number of amides is 1. The Morgan fingerprint density at radius 3 is 2.45 bits per heavy atom. The van der Waals surface area contributed by atoms with E-state index in [1.807, 2.05) is 13.0 Å². The molecule has 1 N–H and O–H groups in total. The van der Waals surface area contributed by atoms with Crippen LogP contribution in [-0.4, -0.2) is 39.8 Å². The van der Waals surface area contributed by atoms with Crippen molar-refractivity contribution in [1.29, 1.82) is 0 Å². The van der Waals surface area contributed by atoms with Crippen molar-refractivity contribution >= 4 is 33.2 Å². The van der Waals surface area contributed by atoms with Gasteiger partial charge in [-0.15, -0.1) is 0 Å². The number of carbonyl (C=O) groups excluding carboxylic acids is 1. The highest BCUT2D eigenvalue weighted by Gasteiger charge is 2.31. The summed E-state index contributed by atoms with van der Waals surface area (Å²) >= 11 is 6.05. The SMILES string of the molecule is CC[C@@H](C(=O)NCCOc1ccc(C)c(Cl)c1)N(c1ccc(F)cc1)S(C)(=O)=O. The van der Waals surface area contributed by atoms with Crippen molar-refractivity contribution in [3.63, 3.8) is 0 Å². The molecule has 0 unspecified atom stereocenters. The van der Waals surface area contributed by atoms with Crippen molar-refractivity contribution in [1.82, 2.24) is 5.32 Å². The Morgan fingerprint density at radius 2 is 1.90 bits per heavy atom. The van der Waals surface area contributed by atoms with Crippen LogP contribution in [0.4, 0.5) is 10.1 Å². The lowest BCUT2D eigenvalue weighted by Gasteiger charge is -2.30. The van der Waals surface area contributed by atoms with Crippen LogP contribution in [0, 0.1) is 12.7 Å². The van der Waals surface area contributed by atoms with Crippen LogP contribution in [0.1, 0.15) is 18.9 Å². The van der Waals surface area contributed by atoms with E-state index in [0.717, 1.165) is 28.3 Å². The second-order valence-corrected chi connectivity index (χ2v) is 8.78. The first-order valence-electron chi connectivity index (χ1n) is 9.05. The van der Waals surface area contributed by atoms with Crippen LogP contribution < -0.4 is 14.4 Å². The Kier molecular flexibility index (Phi) is 7.87. The molecule has 0 saturated carbocycles. The zero-order chi connectivity index (χ0) is 21.6. The van der Waals surface area contributed by atoms with Gasteiger partial charge in [0.1, 0.15) is 24.2 Å². The number of hydrogen-bond acceptors (Lipinski definition) is 4. The van der Waals surface area contributed by atoms with Gasteiger partial charge in [-0.25, -0.2) is 12.8 Å². The molecule has 6 nitrogen and oxygen atoms in total. The summed E-state index contributed by atoms with van der Waals surface area (Å²) in [7, 11) is -3.77. The fourth-order valence-corrected chi connectivity index (χ4v) is 4.15. The van der Waals surface area contributed by atoms with Crippen LogP contribution in [0.3, 0.4) is 0 Å². The van der Waals surface area contributed by atoms with E-state index in [0.29, 0.717) is 10.8 Å². The predicted octanol–water partition coefficient (Wildman–Crippen LogP) is 3.53. The zero-order valence-electron chi connectivity index (χ0n) is 16.5. The summed E-state index contributed by atoms with van der Waals surface area (Å²) in [4.78, 5) is 12.6. The standard InChI is InChI=1S/C20H24ClFN2O4S/c1-4-19(24(29(3,26)27)16-8-6-15(22)7-9-16)20(25)23-11-12-28-17-10-5-14(2)18(21)13-17/h5-10,13,19H,4,11-12H2,1-3H3,(H,23,25)/t19-/m0/s1. The maximum Gasteiger partial charge on any atom is 0.244 e. The molecular weight excluding hydrogens is 419 g/mol. The Balaban J connectivity index is 2.03. The average molecular weight is 443 g/mol. The minimum Gasteiger partial charge on any atom is -0.492 e. The molecular formula is C20H24ClFN2O4S. The third-order valence-corrected chi connectivity index (χ3v) is 5.81. The number of anilines is 1. The smallest absolute Gasteiger partial charge is 0.244 e. The van der Waals surface area contributed by atoms with Crippen molar-refractivity contribution in [2.75, 3.05) is 23.7 Å². The second-order valence-electron chi connectivity index (χ2n) is 6.51. The predicted molar refractivity (Wildman–Crippen MR) is 112 cm³/mol. The quantitative estimate of drug-likeness (QED) is 0.603. The maximum absolute atomic E-state index is 13.2. The number of ether oxygens (including phenoxy) is 1. The molecule has 0 heterocycles. The molecule has 0 saturated heterocycles. The molecule has 0 spiro atoms. The zero-order valence-corrected chi connectivity index (χ0v) is 18.1. The van der Waals surface area contributed by atoms with Crippen molar-refractivity contribution < 1.29 is 22.3 Å². The normalized spacial score (nSPS) is 12.3. The van der Waals surface area contributed by atoms with Gasteiger partial charge < -0.3 is 10.1 Å². The van der Waals surface area contributed by atoms with E-state index < -0.39 is 27.8 Å². The van der Waals surface area contributed by atoms with E-state index in [4.69, 9.17) is 16.3 Å². The first-order chi connectivity index (χ1) is 13.6. The Bertz CT molecular complexity index is 951. The first kappa shape index (κ1) is 23.0. The van der Waals surface area contributed by atoms with Gasteiger partial charge in [-0.1, -0.05) is 24.6 Å². The lowest BCUT2D eigenvalue weighted by atomic mass is 10.2. The van der Waals surface area contributed by atoms with Gasteiger partial charge in [0.15, 0.2) is 0 Å². The van der Waals surface area contributed by atoms with Crippen LogP contribution in [0.25, 0.3) is 0 Å². The summed E-state index contributed by atoms with van der Waals surface area (Å²) in [6.07, 6.45) is 1.25. The van der Waals surface area contributed by atoms with Crippen molar-refractivity contribution in [2.24, 2.45) is 0 Å². The molecule has 2 aromatic carbocycles. The lowest BCUT2D eigenvalue weighted by molar-refractivity contribution is -0.122. The van der Waals surface area contributed by atoms with Crippen LogP contribution in [-0.2, 0) is 14.8 Å². The molecule has 2 rings (SSSR count). The van der Waals surface area contributed by atoms with Gasteiger partial charge in [0.05, 0.1) is 18.5 Å². The van der Waals surface area contributed by atoms with E-state index >= 15 is 0 Å². The number of carbonyl (C=O) groups is 1. The molecule has 9 heteroatoms. The van der Waals surface area contributed by atoms with E-state index in [9.17, 15) is 17.6 Å². The fraction of sp³-hybridized carbons (Fsp3) is 0.350. The first-order valence-corrected chi connectivity index (χ1v) is 11.3. The summed E-state index contributed by atoms with van der Waals surface area (Å²) in [6, 6.07) is 9.29. The maximum atomic E-state index is 13.2. The summed E-state index contributed by atoms with van der Waals surface area (Å²) in [6.45, 7) is 3.96. The van der Waals surface area contributed by atoms with Crippen LogP contribution >= 0.6 is 11.6 Å². The molecule has 1 amide bonds. The summed E-state index contributed by atoms with van der Waals surface area (Å²) in [5.41, 5.74) is 1.15. The lowest BCUT2D eigenvalue weighted by Crippen LogP contribution is -2.50. The largest absolute Gasteiger partial charge is 0.492 e. The van der Waals surface area contributed by atoms with Crippen LogP contribution in [0.5, 0.6) is 5.75 Å². The minimum atomic E-state index is -3.77. The van der Waals surface area contributed by atoms with E-state index in [-0.39, 0.29) is 25.3 Å². The van der Waals surface area contributed by atoms with Gasteiger partial charge in [0.25, 0.3) is 0 Å². The van der Waals surface area contributed by atoms with Gasteiger partial charge in [0, 0.05) is 5.02 Å². The van der Waals surface area contributed by atoms with Gasteiger partial charge in [0.2, 0.25) is 15.9 Å². The second kappa shape index (κ2) is 9.93. The minimum absolute atomic E-state index is 0.182. The third-order valence-electron chi connectivity index (χ3n) is 4.22. The number of halogens is 2. The summed E-state index contributed by atoms with van der Waals surface area (Å²) in [5, 5.41) is 3.27. The number of sulfonamides is 1. The highest BCUT2D eigenvalue weighted by molar-refractivity contribution is 7.92. The highest BCUT2D eigenvalue weighted by Crippen LogP contribution is 2.23. The van der Waals surface area contributed by atoms with Crippen LogP contribution in [0.15, 0.2) is 42.5 Å². The Hall–Kier alpha value is -2.32. The topological polar surface area (TPSA) is 75.7 Å². The van der Waals surface area contributed by atoms with Gasteiger partial charge >= 0.3 is 0 Å². The molecule has 0 aliphatic rings. The van der Waals surface area contributed by atoms with Gasteiger partial charge in [-0.3, -0.25) is 9.10 Å². The molecule has 2 aromatic rings. The molecule has 1 atom stereocenters. The number of rotatable bonds is 9. The van der Waals surface area contributed by atoms with E-state index in [2.05, 4.69) is 5.32 Å². The third kappa shape index (κ3) is 6.33. The van der Waals surface area contributed by atoms with Crippen LogP contribution in [0.2, 0.25) is 5.02 Å². The molecule has 29 heavy (non-hydrogen) atoms. The Labute approximate surface area is 175 Å². The number of nitrogens with zero attached hydrogens (tertiary/aromatic N) is 1. The molecule has 0 radical (unpaired) electrons. The number of nitrogens with one attached hydrogen (secondary N) is 1. The molecule has 0 aromatic heterocycles. The molecule has 0 aliphatic heterocycles. The highest BCUT2D eigenvalue weighted by atomic mass is 35.5. The number of benzene rings is 2. The van der Waals surface area contributed by atoms with E-state index in [1.54, 1.807) is 19.1 Å². The van der Waals surface area contributed by atoms with Crippen molar-refractivity contribution in [3.8, 4) is 5.75 Å². The van der Waals surface area contributed by atoms with Gasteiger partial charge in [-0.2, -0.15) is 0 Å². The molecule has 158 valence electrons. The monoisotopic (exact) mass is 442 g/mol.